The second-order valence-corrected chi connectivity index (χ2v) is 8.84. The van der Waals surface area contributed by atoms with Gasteiger partial charge in [-0.05, 0) is 32.0 Å². The van der Waals surface area contributed by atoms with Crippen molar-refractivity contribution in [1.29, 1.82) is 0 Å². The number of aryl methyl sites for hydroxylation is 2. The van der Waals surface area contributed by atoms with E-state index >= 15 is 0 Å². The number of hydrogen-bond donors (Lipinski definition) is 2. The Labute approximate surface area is 220 Å². The van der Waals surface area contributed by atoms with E-state index < -0.39 is 12.0 Å². The molecule has 0 radical (unpaired) electrons. The third-order valence-corrected chi connectivity index (χ3v) is 6.04. The Hall–Kier alpha value is -4.67. The Balaban J connectivity index is 1.65. The SMILES string of the molecule is COc1cccc(OC)c1-c1ccc(C[C@H](Nc2nc(N(C)C)ncc2-c2c(C)noc2C)C(=O)O)nc1. The second kappa shape index (κ2) is 11.2. The molecule has 0 aliphatic carbocycles. The first-order chi connectivity index (χ1) is 18.2. The fourth-order valence-electron chi connectivity index (χ4n) is 4.15. The molecule has 38 heavy (non-hydrogen) atoms. The first kappa shape index (κ1) is 26.4. The highest BCUT2D eigenvalue weighted by Crippen LogP contribution is 2.38. The lowest BCUT2D eigenvalue weighted by atomic mass is 10.0. The maximum absolute atomic E-state index is 12.3. The molecular weight excluding hydrogens is 488 g/mol. The number of hydrogen-bond acceptors (Lipinski definition) is 10. The highest BCUT2D eigenvalue weighted by molar-refractivity contribution is 5.83. The monoisotopic (exact) mass is 518 g/mol. The summed E-state index contributed by atoms with van der Waals surface area (Å²) >= 11 is 0. The van der Waals surface area contributed by atoms with Crippen LogP contribution in [0.2, 0.25) is 0 Å². The van der Waals surface area contributed by atoms with Gasteiger partial charge in [-0.3, -0.25) is 4.98 Å². The summed E-state index contributed by atoms with van der Waals surface area (Å²) in [6.45, 7) is 3.60. The second-order valence-electron chi connectivity index (χ2n) is 8.84. The maximum atomic E-state index is 12.3. The highest BCUT2D eigenvalue weighted by Gasteiger charge is 2.24. The van der Waals surface area contributed by atoms with Crippen molar-refractivity contribution in [2.24, 2.45) is 0 Å². The molecule has 4 aromatic rings. The van der Waals surface area contributed by atoms with Gasteiger partial charge in [0, 0.05) is 49.7 Å². The van der Waals surface area contributed by atoms with E-state index in [9.17, 15) is 9.90 Å². The molecule has 0 unspecified atom stereocenters. The summed E-state index contributed by atoms with van der Waals surface area (Å²) in [5, 5.41) is 17.2. The smallest absolute Gasteiger partial charge is 0.326 e. The van der Waals surface area contributed by atoms with Crippen LogP contribution in [0.4, 0.5) is 11.8 Å². The number of carboxylic acid groups (broad SMARTS) is 1. The predicted molar refractivity (Wildman–Crippen MR) is 143 cm³/mol. The summed E-state index contributed by atoms with van der Waals surface area (Å²) in [6, 6.07) is 8.17. The van der Waals surface area contributed by atoms with E-state index in [0.717, 1.165) is 16.7 Å². The van der Waals surface area contributed by atoms with E-state index in [0.29, 0.717) is 46.0 Å². The molecule has 2 N–H and O–H groups in total. The molecule has 3 heterocycles. The number of ether oxygens (including phenoxy) is 2. The van der Waals surface area contributed by atoms with Crippen LogP contribution in [-0.2, 0) is 11.2 Å². The van der Waals surface area contributed by atoms with Crippen LogP contribution in [0.1, 0.15) is 17.1 Å². The van der Waals surface area contributed by atoms with Crippen LogP contribution in [0.15, 0.2) is 47.2 Å². The fraction of sp³-hybridized carbons (Fsp3) is 0.296. The number of anilines is 2. The van der Waals surface area contributed by atoms with Crippen LogP contribution >= 0.6 is 0 Å². The minimum atomic E-state index is -1.04. The van der Waals surface area contributed by atoms with E-state index in [1.54, 1.807) is 44.5 Å². The zero-order chi connectivity index (χ0) is 27.4. The van der Waals surface area contributed by atoms with Gasteiger partial charge in [0.15, 0.2) is 0 Å². The normalized spacial score (nSPS) is 11.6. The minimum Gasteiger partial charge on any atom is -0.496 e. The number of nitrogens with zero attached hydrogens (tertiary/aromatic N) is 5. The van der Waals surface area contributed by atoms with Crippen LogP contribution in [0.3, 0.4) is 0 Å². The molecule has 0 bridgehead atoms. The average molecular weight is 519 g/mol. The Morgan fingerprint density at radius 1 is 1.05 bits per heavy atom. The lowest BCUT2D eigenvalue weighted by Crippen LogP contribution is -2.32. The molecular formula is C27H30N6O5. The molecule has 11 nitrogen and oxygen atoms in total. The molecule has 0 saturated heterocycles. The van der Waals surface area contributed by atoms with Gasteiger partial charge in [0.2, 0.25) is 5.95 Å². The number of nitrogens with one attached hydrogen (secondary N) is 1. The molecule has 0 spiro atoms. The maximum Gasteiger partial charge on any atom is 0.326 e. The molecule has 1 atom stereocenters. The zero-order valence-electron chi connectivity index (χ0n) is 22.1. The van der Waals surface area contributed by atoms with Gasteiger partial charge in [-0.2, -0.15) is 4.98 Å². The summed E-state index contributed by atoms with van der Waals surface area (Å²) in [7, 11) is 6.81. The average Bonchev–Trinajstić information content (AvgIpc) is 3.25. The van der Waals surface area contributed by atoms with E-state index in [4.69, 9.17) is 14.0 Å². The van der Waals surface area contributed by atoms with Gasteiger partial charge >= 0.3 is 5.97 Å². The summed E-state index contributed by atoms with van der Waals surface area (Å²) in [4.78, 5) is 27.6. The number of carbonyl (C=O) groups is 1. The Bertz CT molecular complexity index is 1390. The molecule has 0 aliphatic rings. The quantitative estimate of drug-likeness (QED) is 0.315. The van der Waals surface area contributed by atoms with Gasteiger partial charge in [0.25, 0.3) is 0 Å². The molecule has 3 aromatic heterocycles. The predicted octanol–water partition coefficient (Wildman–Crippen LogP) is 4.00. The molecule has 0 amide bonds. The van der Waals surface area contributed by atoms with Crippen molar-refractivity contribution in [2.75, 3.05) is 38.5 Å². The number of carboxylic acids is 1. The summed E-state index contributed by atoms with van der Waals surface area (Å²) < 4.78 is 16.3. The van der Waals surface area contributed by atoms with E-state index in [2.05, 4.69) is 25.4 Å². The van der Waals surface area contributed by atoms with Crippen LogP contribution in [0, 0.1) is 13.8 Å². The third-order valence-electron chi connectivity index (χ3n) is 6.04. The van der Waals surface area contributed by atoms with Gasteiger partial charge in [-0.25, -0.2) is 9.78 Å². The number of aromatic nitrogens is 4. The van der Waals surface area contributed by atoms with Crippen molar-refractivity contribution in [1.82, 2.24) is 20.1 Å². The first-order valence-electron chi connectivity index (χ1n) is 11.9. The molecule has 198 valence electrons. The van der Waals surface area contributed by atoms with Gasteiger partial charge in [0.05, 0.1) is 31.0 Å². The Kier molecular flexibility index (Phi) is 7.75. The molecule has 0 saturated carbocycles. The first-order valence-corrected chi connectivity index (χ1v) is 11.9. The van der Waals surface area contributed by atoms with E-state index in [1.807, 2.05) is 45.3 Å². The standard InChI is InChI=1S/C27H30N6O5/c1-15-23(16(2)38-32-15)19-14-29-27(33(3)4)31-25(19)30-20(26(34)35)12-18-11-10-17(13-28-18)24-21(36-5)8-7-9-22(24)37-6/h7-11,13-14,20H,12H2,1-6H3,(H,34,35)(H,29,30,31)/t20-/m0/s1. The summed E-state index contributed by atoms with van der Waals surface area (Å²) in [5.41, 5.74) is 4.12. The lowest BCUT2D eigenvalue weighted by Gasteiger charge is -2.19. The number of aliphatic carboxylic acids is 1. The Morgan fingerprint density at radius 2 is 1.76 bits per heavy atom. The van der Waals surface area contributed by atoms with Crippen molar-refractivity contribution in [3.05, 3.63) is 59.9 Å². The third kappa shape index (κ3) is 5.36. The van der Waals surface area contributed by atoms with Crippen molar-refractivity contribution < 1.29 is 23.9 Å². The number of rotatable bonds is 10. The zero-order valence-corrected chi connectivity index (χ0v) is 22.1. The van der Waals surface area contributed by atoms with Crippen LogP contribution < -0.4 is 19.7 Å². The molecule has 1 aromatic carbocycles. The van der Waals surface area contributed by atoms with E-state index in [1.165, 1.54) is 0 Å². The van der Waals surface area contributed by atoms with Gasteiger partial charge < -0.3 is 29.3 Å². The van der Waals surface area contributed by atoms with Crippen molar-refractivity contribution in [3.63, 3.8) is 0 Å². The molecule has 4 rings (SSSR count). The van der Waals surface area contributed by atoms with Crippen molar-refractivity contribution in [2.45, 2.75) is 26.3 Å². The summed E-state index contributed by atoms with van der Waals surface area (Å²) in [5.74, 6) is 1.63. The van der Waals surface area contributed by atoms with Crippen molar-refractivity contribution >= 4 is 17.7 Å². The molecule has 0 fully saturated rings. The van der Waals surface area contributed by atoms with Crippen LogP contribution in [-0.4, -0.2) is 65.5 Å². The number of pyridine rings is 1. The topological polar surface area (TPSA) is 136 Å². The number of benzene rings is 1. The van der Waals surface area contributed by atoms with Gasteiger partial charge in [-0.1, -0.05) is 17.3 Å². The van der Waals surface area contributed by atoms with Crippen LogP contribution in [0.5, 0.6) is 11.5 Å². The molecule has 0 aliphatic heterocycles. The van der Waals surface area contributed by atoms with E-state index in [-0.39, 0.29) is 6.42 Å². The minimum absolute atomic E-state index is 0.112. The van der Waals surface area contributed by atoms with Crippen molar-refractivity contribution in [3.8, 4) is 33.8 Å². The van der Waals surface area contributed by atoms with Gasteiger partial charge in [0.1, 0.15) is 29.1 Å². The number of methoxy groups -OCH3 is 2. The highest BCUT2D eigenvalue weighted by atomic mass is 16.5. The molecule has 11 heteroatoms. The summed E-state index contributed by atoms with van der Waals surface area (Å²) in [6.07, 6.45) is 3.43. The van der Waals surface area contributed by atoms with Crippen LogP contribution in [0.25, 0.3) is 22.3 Å². The largest absolute Gasteiger partial charge is 0.496 e. The lowest BCUT2D eigenvalue weighted by molar-refractivity contribution is -0.137. The Morgan fingerprint density at radius 3 is 2.29 bits per heavy atom. The van der Waals surface area contributed by atoms with Gasteiger partial charge in [-0.15, -0.1) is 0 Å². The fourth-order valence-corrected chi connectivity index (χ4v) is 4.15.